The molecule has 1 aliphatic rings. The zero-order valence-electron chi connectivity index (χ0n) is 12.8. The predicted molar refractivity (Wildman–Crippen MR) is 88.5 cm³/mol. The van der Waals surface area contributed by atoms with Crippen LogP contribution in [-0.4, -0.2) is 40.4 Å². The molecule has 0 saturated carbocycles. The molecule has 0 radical (unpaired) electrons. The van der Waals surface area contributed by atoms with Crippen molar-refractivity contribution in [2.24, 2.45) is 5.73 Å². The van der Waals surface area contributed by atoms with Crippen LogP contribution >= 0.6 is 15.9 Å². The first kappa shape index (κ1) is 16.1. The van der Waals surface area contributed by atoms with E-state index < -0.39 is 5.91 Å². The van der Waals surface area contributed by atoms with Gasteiger partial charge in [0.05, 0.1) is 34.4 Å². The fourth-order valence-corrected chi connectivity index (χ4v) is 3.26. The fraction of sp³-hybridized carbons (Fsp3) is 0.400. The number of hydrogen-bond donors (Lipinski definition) is 2. The number of nitrogens with one attached hydrogen (secondary N) is 1. The van der Waals surface area contributed by atoms with Crippen LogP contribution in [0.5, 0.6) is 0 Å². The van der Waals surface area contributed by atoms with Gasteiger partial charge in [-0.3, -0.25) is 9.78 Å². The van der Waals surface area contributed by atoms with Crippen LogP contribution in [-0.2, 0) is 11.2 Å². The third kappa shape index (κ3) is 3.15. The number of pyridine rings is 1. The molecule has 7 nitrogen and oxygen atoms in total. The van der Waals surface area contributed by atoms with Gasteiger partial charge in [-0.2, -0.15) is 5.10 Å². The summed E-state index contributed by atoms with van der Waals surface area (Å²) in [6.45, 7) is 4.24. The van der Waals surface area contributed by atoms with Crippen molar-refractivity contribution in [3.05, 3.63) is 39.9 Å². The molecular formula is C15H18BrN5O2. The van der Waals surface area contributed by atoms with Gasteiger partial charge in [0.1, 0.15) is 11.8 Å². The van der Waals surface area contributed by atoms with Crippen LogP contribution in [0.15, 0.2) is 22.8 Å². The Kier molecular flexibility index (Phi) is 4.74. The predicted octanol–water partition coefficient (Wildman–Crippen LogP) is 1.35. The molecule has 8 heteroatoms. The number of hydrogen-bond acceptors (Lipinski definition) is 5. The molecule has 23 heavy (non-hydrogen) atoms. The maximum atomic E-state index is 11.7. The Balaban J connectivity index is 1.94. The molecular weight excluding hydrogens is 362 g/mol. The van der Waals surface area contributed by atoms with Gasteiger partial charge in [-0.1, -0.05) is 6.92 Å². The number of amides is 1. The molecule has 2 aromatic rings. The lowest BCUT2D eigenvalue weighted by Crippen LogP contribution is -2.33. The Labute approximate surface area is 142 Å². The molecule has 0 spiro atoms. The Morgan fingerprint density at radius 3 is 2.96 bits per heavy atom. The Morgan fingerprint density at radius 1 is 1.57 bits per heavy atom. The van der Waals surface area contributed by atoms with Crippen molar-refractivity contribution in [3.8, 4) is 5.69 Å². The van der Waals surface area contributed by atoms with Crippen LogP contribution in [0.4, 0.5) is 0 Å². The quantitative estimate of drug-likeness (QED) is 0.835. The number of rotatable bonds is 4. The second kappa shape index (κ2) is 6.77. The summed E-state index contributed by atoms with van der Waals surface area (Å²) in [5.41, 5.74) is 8.13. The molecule has 0 bridgehead atoms. The van der Waals surface area contributed by atoms with E-state index in [-0.39, 0.29) is 6.10 Å². The number of carbonyl (C=O) groups excluding carboxylic acids is 1. The lowest BCUT2D eigenvalue weighted by Gasteiger charge is -2.23. The molecule has 1 fully saturated rings. The van der Waals surface area contributed by atoms with E-state index in [1.807, 2.05) is 19.1 Å². The Morgan fingerprint density at radius 2 is 2.39 bits per heavy atom. The zero-order chi connectivity index (χ0) is 16.4. The van der Waals surface area contributed by atoms with E-state index in [2.05, 4.69) is 31.3 Å². The van der Waals surface area contributed by atoms with Gasteiger partial charge in [0.25, 0.3) is 5.91 Å². The number of nitrogens with two attached hydrogens (primary N) is 1. The second-order valence-corrected chi connectivity index (χ2v) is 6.04. The van der Waals surface area contributed by atoms with Gasteiger partial charge in [0.15, 0.2) is 0 Å². The number of primary amides is 1. The molecule has 3 heterocycles. The van der Waals surface area contributed by atoms with Gasteiger partial charge in [-0.15, -0.1) is 0 Å². The highest BCUT2D eigenvalue weighted by molar-refractivity contribution is 9.10. The van der Waals surface area contributed by atoms with Gasteiger partial charge in [-0.05, 0) is 34.5 Å². The summed E-state index contributed by atoms with van der Waals surface area (Å²) in [6, 6.07) is 3.75. The van der Waals surface area contributed by atoms with Gasteiger partial charge >= 0.3 is 0 Å². The van der Waals surface area contributed by atoms with Crippen LogP contribution < -0.4 is 11.1 Å². The van der Waals surface area contributed by atoms with Crippen LogP contribution in [0, 0.1) is 0 Å². The summed E-state index contributed by atoms with van der Waals surface area (Å²) in [5, 5.41) is 7.72. The number of halogens is 1. The van der Waals surface area contributed by atoms with Gasteiger partial charge in [0.2, 0.25) is 0 Å². The lowest BCUT2D eigenvalue weighted by atomic mass is 10.2. The third-order valence-electron chi connectivity index (χ3n) is 3.73. The van der Waals surface area contributed by atoms with Crippen molar-refractivity contribution < 1.29 is 9.53 Å². The van der Waals surface area contributed by atoms with Crippen LogP contribution in [0.2, 0.25) is 0 Å². The minimum Gasteiger partial charge on any atom is -0.369 e. The number of aromatic nitrogens is 3. The summed E-state index contributed by atoms with van der Waals surface area (Å²) in [7, 11) is 0. The van der Waals surface area contributed by atoms with Crippen molar-refractivity contribution >= 4 is 21.8 Å². The summed E-state index contributed by atoms with van der Waals surface area (Å²) in [4.78, 5) is 16.2. The molecule has 1 atom stereocenters. The smallest absolute Gasteiger partial charge is 0.268 e. The van der Waals surface area contributed by atoms with Crippen molar-refractivity contribution in [2.75, 3.05) is 19.7 Å². The molecule has 0 aromatic carbocycles. The molecule has 3 N–H and O–H groups in total. The maximum absolute atomic E-state index is 11.7. The number of aryl methyl sites for hydroxylation is 1. The molecule has 3 rings (SSSR count). The second-order valence-electron chi connectivity index (χ2n) is 5.24. The first-order valence-electron chi connectivity index (χ1n) is 7.47. The summed E-state index contributed by atoms with van der Waals surface area (Å²) in [5.74, 6) is -0.534. The minimum atomic E-state index is -0.534. The first-order valence-corrected chi connectivity index (χ1v) is 8.27. The average molecular weight is 380 g/mol. The maximum Gasteiger partial charge on any atom is 0.268 e. The van der Waals surface area contributed by atoms with Crippen LogP contribution in [0.1, 0.15) is 34.9 Å². The van der Waals surface area contributed by atoms with E-state index in [1.165, 1.54) is 4.68 Å². The molecule has 0 aliphatic carbocycles. The summed E-state index contributed by atoms with van der Waals surface area (Å²) in [6.07, 6.45) is 2.32. The standard InChI is InChI=1S/C15H18BrN5O2/c1-2-10-13(16)14(15(17)22)21(20-10)9-3-4-11(19-7-9)12-8-18-5-6-23-12/h3-4,7,12,18H,2,5-6,8H2,1H3,(H2,17,22)/t12-/m1/s1. The van der Waals surface area contributed by atoms with E-state index in [9.17, 15) is 4.79 Å². The third-order valence-corrected chi connectivity index (χ3v) is 4.57. The normalized spacial score (nSPS) is 18.1. The topological polar surface area (TPSA) is 95.1 Å². The summed E-state index contributed by atoms with van der Waals surface area (Å²) >= 11 is 3.40. The Hall–Kier alpha value is -1.77. The van der Waals surface area contributed by atoms with E-state index in [0.717, 1.165) is 24.5 Å². The van der Waals surface area contributed by atoms with E-state index in [0.29, 0.717) is 28.9 Å². The Bertz CT molecular complexity index is 707. The number of ether oxygens (including phenoxy) is 1. The zero-order valence-corrected chi connectivity index (χ0v) is 14.3. The van der Waals surface area contributed by atoms with Crippen molar-refractivity contribution in [1.82, 2.24) is 20.1 Å². The number of morpholine rings is 1. The number of nitrogens with zero attached hydrogens (tertiary/aromatic N) is 3. The monoisotopic (exact) mass is 379 g/mol. The SMILES string of the molecule is CCc1nn(-c2ccc([C@H]3CNCCO3)nc2)c(C(N)=O)c1Br. The molecule has 2 aromatic heterocycles. The van der Waals surface area contributed by atoms with Gasteiger partial charge in [0, 0.05) is 13.1 Å². The average Bonchev–Trinajstić information content (AvgIpc) is 2.92. The van der Waals surface area contributed by atoms with Crippen LogP contribution in [0.25, 0.3) is 5.69 Å². The highest BCUT2D eigenvalue weighted by Crippen LogP contribution is 2.25. The van der Waals surface area contributed by atoms with Crippen molar-refractivity contribution in [1.29, 1.82) is 0 Å². The molecule has 122 valence electrons. The molecule has 1 saturated heterocycles. The molecule has 1 amide bonds. The highest BCUT2D eigenvalue weighted by Gasteiger charge is 2.21. The van der Waals surface area contributed by atoms with E-state index in [1.54, 1.807) is 6.20 Å². The number of carbonyl (C=O) groups is 1. The minimum absolute atomic E-state index is 0.0519. The van der Waals surface area contributed by atoms with E-state index in [4.69, 9.17) is 10.5 Å². The largest absolute Gasteiger partial charge is 0.369 e. The van der Waals surface area contributed by atoms with Crippen molar-refractivity contribution in [3.63, 3.8) is 0 Å². The fourth-order valence-electron chi connectivity index (χ4n) is 2.54. The molecule has 1 aliphatic heterocycles. The van der Waals surface area contributed by atoms with Gasteiger partial charge < -0.3 is 15.8 Å². The summed E-state index contributed by atoms with van der Waals surface area (Å²) < 4.78 is 7.85. The van der Waals surface area contributed by atoms with Gasteiger partial charge in [-0.25, -0.2) is 4.68 Å². The van der Waals surface area contributed by atoms with Crippen LogP contribution in [0.3, 0.4) is 0 Å². The molecule has 0 unspecified atom stereocenters. The lowest BCUT2D eigenvalue weighted by molar-refractivity contribution is 0.0250. The highest BCUT2D eigenvalue weighted by atomic mass is 79.9. The van der Waals surface area contributed by atoms with Crippen molar-refractivity contribution in [2.45, 2.75) is 19.4 Å². The first-order chi connectivity index (χ1) is 11.1. The van der Waals surface area contributed by atoms with E-state index >= 15 is 0 Å².